The summed E-state index contributed by atoms with van der Waals surface area (Å²) in [5.41, 5.74) is 7.80. The van der Waals surface area contributed by atoms with Gasteiger partial charge in [-0.1, -0.05) is 12.5 Å². The van der Waals surface area contributed by atoms with Crippen LogP contribution in [0.4, 0.5) is 5.82 Å². The number of pyridine rings is 1. The number of likely N-dealkylation sites (tertiary alicyclic amines) is 1. The van der Waals surface area contributed by atoms with E-state index in [1.807, 2.05) is 4.90 Å². The molecule has 0 spiro atoms. The van der Waals surface area contributed by atoms with Crippen molar-refractivity contribution >= 4 is 22.8 Å². The lowest BCUT2D eigenvalue weighted by atomic mass is 10.2. The molecule has 0 aliphatic carbocycles. The number of anilines is 1. The van der Waals surface area contributed by atoms with Crippen LogP contribution in [-0.4, -0.2) is 62.3 Å². The highest BCUT2D eigenvalue weighted by Gasteiger charge is 2.29. The van der Waals surface area contributed by atoms with Crippen LogP contribution in [0.1, 0.15) is 24.1 Å². The van der Waals surface area contributed by atoms with E-state index in [9.17, 15) is 4.79 Å². The lowest BCUT2D eigenvalue weighted by molar-refractivity contribution is -0.127. The number of aromatic nitrogens is 5. The van der Waals surface area contributed by atoms with Gasteiger partial charge >= 0.3 is 0 Å². The molecular formula is C22H23N7O3. The van der Waals surface area contributed by atoms with Crippen molar-refractivity contribution in [1.82, 2.24) is 29.6 Å². The van der Waals surface area contributed by atoms with E-state index in [0.29, 0.717) is 53.0 Å². The number of carbonyl (C=O) groups excluding carboxylic acids is 1. The summed E-state index contributed by atoms with van der Waals surface area (Å²) >= 11 is 0. The number of ether oxygens (including phenoxy) is 2. The molecule has 1 unspecified atom stereocenters. The van der Waals surface area contributed by atoms with Crippen molar-refractivity contribution in [2.24, 2.45) is 0 Å². The van der Waals surface area contributed by atoms with Gasteiger partial charge in [-0.2, -0.15) is 10.1 Å². The molecule has 32 heavy (non-hydrogen) atoms. The van der Waals surface area contributed by atoms with Crippen molar-refractivity contribution in [2.45, 2.75) is 25.4 Å². The smallest absolute Gasteiger partial charge is 0.246 e. The van der Waals surface area contributed by atoms with Crippen LogP contribution >= 0.6 is 0 Å². The number of nitrogens with zero attached hydrogens (tertiary/aromatic N) is 6. The second-order valence-corrected chi connectivity index (χ2v) is 7.21. The number of carbonyl (C=O) groups is 1. The number of methoxy groups -OCH3 is 2. The highest BCUT2D eigenvalue weighted by molar-refractivity contribution is 5.90. The maximum atomic E-state index is 12.2. The fraction of sp³-hybridized carbons (Fsp3) is 0.318. The monoisotopic (exact) mass is 433 g/mol. The molecule has 0 saturated carbocycles. The summed E-state index contributed by atoms with van der Waals surface area (Å²) in [6.45, 7) is 4.77. The molecule has 164 valence electrons. The van der Waals surface area contributed by atoms with E-state index in [-0.39, 0.29) is 11.9 Å². The minimum absolute atomic E-state index is 0.00526. The van der Waals surface area contributed by atoms with Crippen LogP contribution in [-0.2, 0) is 11.3 Å². The number of hydrogen-bond acceptors (Lipinski definition) is 8. The van der Waals surface area contributed by atoms with Crippen molar-refractivity contribution < 1.29 is 14.3 Å². The molecule has 0 bridgehead atoms. The molecule has 3 aromatic rings. The van der Waals surface area contributed by atoms with Gasteiger partial charge < -0.3 is 20.1 Å². The molecule has 1 aliphatic heterocycles. The van der Waals surface area contributed by atoms with E-state index in [1.54, 1.807) is 16.8 Å². The fourth-order valence-corrected chi connectivity index (χ4v) is 3.77. The summed E-state index contributed by atoms with van der Waals surface area (Å²) in [5, 5.41) is 5.23. The van der Waals surface area contributed by atoms with E-state index in [2.05, 4.69) is 38.5 Å². The molecular weight excluding hydrogens is 410 g/mol. The molecule has 4 heterocycles. The molecule has 4 rings (SSSR count). The van der Waals surface area contributed by atoms with Crippen LogP contribution < -0.4 is 15.2 Å². The quantitative estimate of drug-likeness (QED) is 0.473. The first-order valence-corrected chi connectivity index (χ1v) is 10.1. The molecule has 10 heteroatoms. The highest BCUT2D eigenvalue weighted by Crippen LogP contribution is 2.25. The largest absolute Gasteiger partial charge is 0.481 e. The van der Waals surface area contributed by atoms with Gasteiger partial charge in [0.25, 0.3) is 0 Å². The van der Waals surface area contributed by atoms with Crippen molar-refractivity contribution in [3.8, 4) is 23.6 Å². The van der Waals surface area contributed by atoms with Gasteiger partial charge in [0.2, 0.25) is 17.7 Å². The molecule has 1 fully saturated rings. The number of amides is 1. The highest BCUT2D eigenvalue weighted by atomic mass is 16.5. The molecule has 1 saturated heterocycles. The Kier molecular flexibility index (Phi) is 5.89. The summed E-state index contributed by atoms with van der Waals surface area (Å²) in [5.74, 6) is 7.10. The minimum atomic E-state index is -0.0845. The summed E-state index contributed by atoms with van der Waals surface area (Å²) in [7, 11) is 3.05. The number of fused-ring (bicyclic) bond motifs is 1. The molecule has 1 amide bonds. The Hall–Kier alpha value is -4.13. The molecule has 0 aromatic carbocycles. The van der Waals surface area contributed by atoms with Crippen LogP contribution in [0, 0.1) is 11.8 Å². The second-order valence-electron chi connectivity index (χ2n) is 7.21. The van der Waals surface area contributed by atoms with Gasteiger partial charge in [-0.3, -0.25) is 4.79 Å². The van der Waals surface area contributed by atoms with Crippen LogP contribution in [0.2, 0.25) is 0 Å². The van der Waals surface area contributed by atoms with E-state index in [4.69, 9.17) is 15.2 Å². The third kappa shape index (κ3) is 4.05. The molecule has 0 radical (unpaired) electrons. The Bertz CT molecular complexity index is 1220. The van der Waals surface area contributed by atoms with Gasteiger partial charge in [-0.15, -0.1) is 0 Å². The number of nitrogens with two attached hydrogens (primary N) is 1. The standard InChI is InChI=1S/C22H23N7O3/c1-4-19(30)28-9-5-6-15(28)12-29-22-20(21(23)24-13-25-22)16(27-29)8-7-14-10-17(31-2)26-18(11-14)32-3/h4,10-11,13,15H,1,5-6,9,12H2,2-3H3,(H2,23,24,25). The second kappa shape index (κ2) is 8.93. The van der Waals surface area contributed by atoms with Gasteiger partial charge in [0.05, 0.1) is 32.2 Å². The predicted octanol–water partition coefficient (Wildman–Crippen LogP) is 1.40. The van der Waals surface area contributed by atoms with Crippen molar-refractivity contribution in [3.05, 3.63) is 42.4 Å². The minimum Gasteiger partial charge on any atom is -0.481 e. The molecule has 2 N–H and O–H groups in total. The van der Waals surface area contributed by atoms with Crippen LogP contribution in [0.5, 0.6) is 11.8 Å². The Balaban J connectivity index is 1.73. The summed E-state index contributed by atoms with van der Waals surface area (Å²) < 4.78 is 12.1. The first-order valence-electron chi connectivity index (χ1n) is 10.1. The third-order valence-electron chi connectivity index (χ3n) is 5.30. The van der Waals surface area contributed by atoms with Crippen molar-refractivity contribution in [2.75, 3.05) is 26.5 Å². The predicted molar refractivity (Wildman–Crippen MR) is 118 cm³/mol. The number of nitrogen functional groups attached to an aromatic ring is 1. The zero-order valence-electron chi connectivity index (χ0n) is 17.9. The summed E-state index contributed by atoms with van der Waals surface area (Å²) in [6, 6.07) is 3.40. The third-order valence-corrected chi connectivity index (χ3v) is 5.30. The Morgan fingerprint density at radius 3 is 2.72 bits per heavy atom. The van der Waals surface area contributed by atoms with Gasteiger partial charge in [0, 0.05) is 24.2 Å². The fourth-order valence-electron chi connectivity index (χ4n) is 3.77. The zero-order valence-corrected chi connectivity index (χ0v) is 17.9. The molecule has 1 atom stereocenters. The maximum absolute atomic E-state index is 12.2. The first kappa shape index (κ1) is 21.1. The lowest BCUT2D eigenvalue weighted by Gasteiger charge is -2.23. The first-order chi connectivity index (χ1) is 15.5. The van der Waals surface area contributed by atoms with Crippen molar-refractivity contribution in [1.29, 1.82) is 0 Å². The average Bonchev–Trinajstić information content (AvgIpc) is 3.42. The Morgan fingerprint density at radius 2 is 2.03 bits per heavy atom. The maximum Gasteiger partial charge on any atom is 0.246 e. The molecule has 3 aromatic heterocycles. The lowest BCUT2D eigenvalue weighted by Crippen LogP contribution is -2.37. The van der Waals surface area contributed by atoms with Gasteiger partial charge in [0.15, 0.2) is 5.65 Å². The summed E-state index contributed by atoms with van der Waals surface area (Å²) in [6.07, 6.45) is 4.54. The zero-order chi connectivity index (χ0) is 22.7. The van der Waals surface area contributed by atoms with Crippen LogP contribution in [0.3, 0.4) is 0 Å². The molecule has 1 aliphatic rings. The molecule has 10 nitrogen and oxygen atoms in total. The van der Waals surface area contributed by atoms with E-state index in [0.717, 1.165) is 12.8 Å². The van der Waals surface area contributed by atoms with Gasteiger partial charge in [-0.25, -0.2) is 14.6 Å². The van der Waals surface area contributed by atoms with E-state index >= 15 is 0 Å². The van der Waals surface area contributed by atoms with Crippen LogP contribution in [0.15, 0.2) is 31.1 Å². The van der Waals surface area contributed by atoms with Crippen LogP contribution in [0.25, 0.3) is 11.0 Å². The Morgan fingerprint density at radius 1 is 1.28 bits per heavy atom. The van der Waals surface area contributed by atoms with E-state index in [1.165, 1.54) is 26.6 Å². The normalized spacial score (nSPS) is 15.3. The topological polar surface area (TPSA) is 121 Å². The van der Waals surface area contributed by atoms with E-state index < -0.39 is 0 Å². The Labute approximate surface area is 185 Å². The van der Waals surface area contributed by atoms with Gasteiger partial charge in [0.1, 0.15) is 17.8 Å². The van der Waals surface area contributed by atoms with Crippen molar-refractivity contribution in [3.63, 3.8) is 0 Å². The van der Waals surface area contributed by atoms with Gasteiger partial charge in [-0.05, 0) is 24.8 Å². The number of rotatable bonds is 5. The summed E-state index contributed by atoms with van der Waals surface area (Å²) in [4.78, 5) is 26.6. The SMILES string of the molecule is C=CC(=O)N1CCCC1Cn1nc(C#Cc2cc(OC)nc(OC)c2)c2c(N)ncnc21. The average molecular weight is 433 g/mol. The number of hydrogen-bond donors (Lipinski definition) is 1.